The van der Waals surface area contributed by atoms with Crippen LogP contribution in [-0.2, 0) is 5.41 Å². The summed E-state index contributed by atoms with van der Waals surface area (Å²) in [4.78, 5) is 0. The minimum absolute atomic E-state index is 0.407. The Morgan fingerprint density at radius 2 is 0.882 bits per heavy atom. The molecule has 7 aromatic rings. The van der Waals surface area contributed by atoms with Crippen LogP contribution in [0.5, 0.6) is 5.75 Å². The molecule has 1 heterocycles. The molecular formula is C50H36O. The maximum atomic E-state index is 6.73. The van der Waals surface area contributed by atoms with E-state index in [9.17, 15) is 0 Å². The number of hydrogen-bond acceptors (Lipinski definition) is 1. The summed E-state index contributed by atoms with van der Waals surface area (Å²) >= 11 is 0. The topological polar surface area (TPSA) is 9.23 Å². The van der Waals surface area contributed by atoms with E-state index < -0.39 is 5.41 Å². The van der Waals surface area contributed by atoms with Crippen LogP contribution in [0.4, 0.5) is 0 Å². The lowest BCUT2D eigenvalue weighted by Gasteiger charge is -2.43. The highest BCUT2D eigenvalue weighted by molar-refractivity contribution is 5.92. The van der Waals surface area contributed by atoms with Crippen LogP contribution < -0.4 is 4.74 Å². The van der Waals surface area contributed by atoms with Gasteiger partial charge in [0.1, 0.15) is 11.5 Å². The van der Waals surface area contributed by atoms with E-state index in [0.717, 1.165) is 17.9 Å². The highest BCUT2D eigenvalue weighted by atomic mass is 16.5. The molecule has 1 heteroatoms. The third kappa shape index (κ3) is 4.69. The van der Waals surface area contributed by atoms with Crippen LogP contribution in [0.25, 0.3) is 55.6 Å². The van der Waals surface area contributed by atoms with Gasteiger partial charge in [-0.1, -0.05) is 165 Å². The molecule has 1 aliphatic heterocycles. The van der Waals surface area contributed by atoms with E-state index in [4.69, 9.17) is 4.74 Å². The summed E-state index contributed by atoms with van der Waals surface area (Å²) in [5.74, 6) is 2.33. The number of para-hydroxylation sites is 1. The quantitative estimate of drug-likeness (QED) is 0.184. The van der Waals surface area contributed by atoms with E-state index in [1.54, 1.807) is 0 Å². The molecule has 1 atom stereocenters. The third-order valence-corrected chi connectivity index (χ3v) is 11.1. The van der Waals surface area contributed by atoms with Crippen molar-refractivity contribution in [2.75, 3.05) is 0 Å². The van der Waals surface area contributed by atoms with Crippen LogP contribution in [-0.4, -0.2) is 0 Å². The molecule has 1 spiro atoms. The number of ether oxygens (including phenoxy) is 1. The van der Waals surface area contributed by atoms with Gasteiger partial charge >= 0.3 is 0 Å². The van der Waals surface area contributed by atoms with Gasteiger partial charge in [0.05, 0.1) is 5.41 Å². The van der Waals surface area contributed by atoms with Crippen molar-refractivity contribution >= 4 is 0 Å². The Balaban J connectivity index is 1.17. The van der Waals surface area contributed by atoms with Gasteiger partial charge in [0, 0.05) is 11.1 Å². The van der Waals surface area contributed by atoms with E-state index in [-0.39, 0.29) is 0 Å². The zero-order chi connectivity index (χ0) is 33.9. The normalized spacial score (nSPS) is 16.2. The van der Waals surface area contributed by atoms with Crippen molar-refractivity contribution in [2.24, 2.45) is 5.92 Å². The van der Waals surface area contributed by atoms with Gasteiger partial charge in [0.15, 0.2) is 0 Å². The molecule has 2 aliphatic carbocycles. The Morgan fingerprint density at radius 3 is 1.41 bits per heavy atom. The number of hydrogen-bond donors (Lipinski definition) is 0. The molecule has 10 rings (SSSR count). The van der Waals surface area contributed by atoms with Crippen molar-refractivity contribution in [3.05, 3.63) is 210 Å². The predicted octanol–water partition coefficient (Wildman–Crippen LogP) is 12.9. The first-order valence-electron chi connectivity index (χ1n) is 18.0. The van der Waals surface area contributed by atoms with E-state index in [1.807, 2.05) is 0 Å². The van der Waals surface area contributed by atoms with E-state index in [2.05, 4.69) is 189 Å². The summed E-state index contributed by atoms with van der Waals surface area (Å²) in [5.41, 5.74) is 16.9. The Hall–Kier alpha value is -6.18. The van der Waals surface area contributed by atoms with Gasteiger partial charge in [-0.05, 0) is 103 Å². The van der Waals surface area contributed by atoms with Crippen molar-refractivity contribution in [1.82, 2.24) is 0 Å². The SMILES string of the molecule is CC1C=C2C(=CC1)Oc1ccccc1C21c2cc(-c3ccc(-c4ccccc4)cc3)ccc2-c2ccc(-c3ccc(-c4ccccc4)cc3)cc21. The summed E-state index contributed by atoms with van der Waals surface area (Å²) in [7, 11) is 0. The van der Waals surface area contributed by atoms with Crippen LogP contribution in [0.3, 0.4) is 0 Å². The van der Waals surface area contributed by atoms with Gasteiger partial charge in [-0.25, -0.2) is 0 Å². The monoisotopic (exact) mass is 652 g/mol. The number of rotatable bonds is 4. The Morgan fingerprint density at radius 1 is 0.451 bits per heavy atom. The molecule has 0 fully saturated rings. The maximum absolute atomic E-state index is 6.73. The summed E-state index contributed by atoms with van der Waals surface area (Å²) < 4.78 is 6.73. The van der Waals surface area contributed by atoms with E-state index in [0.29, 0.717) is 5.92 Å². The molecule has 242 valence electrons. The second-order valence-electron chi connectivity index (χ2n) is 14.1. The van der Waals surface area contributed by atoms with Gasteiger partial charge in [-0.2, -0.15) is 0 Å². The molecule has 7 aromatic carbocycles. The average Bonchev–Trinajstić information content (AvgIpc) is 3.48. The molecule has 0 radical (unpaired) electrons. The van der Waals surface area contributed by atoms with Crippen LogP contribution in [0.15, 0.2) is 193 Å². The first kappa shape index (κ1) is 29.7. The predicted molar refractivity (Wildman–Crippen MR) is 211 cm³/mol. The minimum Gasteiger partial charge on any atom is -0.457 e. The molecule has 0 aromatic heterocycles. The zero-order valence-corrected chi connectivity index (χ0v) is 28.5. The van der Waals surface area contributed by atoms with Crippen LogP contribution in [0.2, 0.25) is 0 Å². The lowest BCUT2D eigenvalue weighted by atomic mass is 9.63. The van der Waals surface area contributed by atoms with Crippen molar-refractivity contribution in [2.45, 2.75) is 18.8 Å². The summed E-state index contributed by atoms with van der Waals surface area (Å²) in [6.45, 7) is 2.32. The molecule has 0 amide bonds. The Bertz CT molecular complexity index is 2370. The van der Waals surface area contributed by atoms with E-state index in [1.165, 1.54) is 77.9 Å². The van der Waals surface area contributed by atoms with Crippen LogP contribution in [0, 0.1) is 5.92 Å². The zero-order valence-electron chi connectivity index (χ0n) is 28.5. The highest BCUT2D eigenvalue weighted by Crippen LogP contribution is 2.63. The third-order valence-electron chi connectivity index (χ3n) is 11.1. The second kappa shape index (κ2) is 11.7. The average molecular weight is 653 g/mol. The van der Waals surface area contributed by atoms with Crippen LogP contribution >= 0.6 is 0 Å². The van der Waals surface area contributed by atoms with Crippen molar-refractivity contribution < 1.29 is 4.74 Å². The smallest absolute Gasteiger partial charge is 0.132 e. The Kier molecular flexibility index (Phi) is 6.82. The molecule has 1 unspecified atom stereocenters. The van der Waals surface area contributed by atoms with Gasteiger partial charge in [0.2, 0.25) is 0 Å². The Labute approximate surface area is 299 Å². The first-order valence-corrected chi connectivity index (χ1v) is 18.0. The van der Waals surface area contributed by atoms with Crippen LogP contribution in [0.1, 0.15) is 30.0 Å². The summed E-state index contributed by atoms with van der Waals surface area (Å²) in [6, 6.07) is 62.2. The highest BCUT2D eigenvalue weighted by Gasteiger charge is 2.53. The van der Waals surface area contributed by atoms with Gasteiger partial charge in [0.25, 0.3) is 0 Å². The van der Waals surface area contributed by atoms with Gasteiger partial charge in [-0.3, -0.25) is 0 Å². The summed E-state index contributed by atoms with van der Waals surface area (Å²) in [6.07, 6.45) is 5.76. The summed E-state index contributed by atoms with van der Waals surface area (Å²) in [5, 5.41) is 0. The van der Waals surface area contributed by atoms with Crippen molar-refractivity contribution in [3.8, 4) is 61.4 Å². The van der Waals surface area contributed by atoms with Gasteiger partial charge < -0.3 is 4.74 Å². The largest absolute Gasteiger partial charge is 0.457 e. The lowest BCUT2D eigenvalue weighted by Crippen LogP contribution is -2.36. The molecule has 0 bridgehead atoms. The molecule has 0 saturated heterocycles. The van der Waals surface area contributed by atoms with Gasteiger partial charge in [-0.15, -0.1) is 0 Å². The molecule has 0 saturated carbocycles. The number of benzene rings is 7. The number of fused-ring (bicyclic) bond motifs is 9. The molecule has 3 aliphatic rings. The molecule has 51 heavy (non-hydrogen) atoms. The van der Waals surface area contributed by atoms with Crippen molar-refractivity contribution in [3.63, 3.8) is 0 Å². The molecule has 1 nitrogen and oxygen atoms in total. The molecular weight excluding hydrogens is 617 g/mol. The fourth-order valence-corrected chi connectivity index (χ4v) is 8.61. The lowest BCUT2D eigenvalue weighted by molar-refractivity contribution is 0.378. The number of allylic oxidation sites excluding steroid dienone is 3. The van der Waals surface area contributed by atoms with E-state index >= 15 is 0 Å². The second-order valence-corrected chi connectivity index (χ2v) is 14.1. The van der Waals surface area contributed by atoms with Crippen molar-refractivity contribution in [1.29, 1.82) is 0 Å². The molecule has 0 N–H and O–H groups in total. The minimum atomic E-state index is -0.514. The fraction of sp³-hybridized carbons (Fsp3) is 0.0800. The maximum Gasteiger partial charge on any atom is 0.132 e. The first-order chi connectivity index (χ1) is 25.2. The standard InChI is InChI=1S/C50H36O/c1-33-16-29-49-47(30-33)50(44-14-8-9-15-48(44)51-49)45-31-40(38-21-17-36(18-22-38)34-10-4-2-5-11-34)25-27-42(45)43-28-26-41(32-46(43)50)39-23-19-37(20-24-39)35-12-6-3-7-13-35/h2-15,17-33H,16H2,1H3. The fourth-order valence-electron chi connectivity index (χ4n) is 8.61.